The molecule has 0 aliphatic heterocycles. The van der Waals surface area contributed by atoms with Crippen LogP contribution in [0.4, 0.5) is 4.79 Å². The van der Waals surface area contributed by atoms with Gasteiger partial charge >= 0.3 is 12.1 Å². The van der Waals surface area contributed by atoms with Crippen LogP contribution < -0.4 is 4.74 Å². The molecule has 1 amide bonds. The summed E-state index contributed by atoms with van der Waals surface area (Å²) in [4.78, 5) is 25.0. The minimum Gasteiger partial charge on any atom is -0.489 e. The zero-order chi connectivity index (χ0) is 22.5. The van der Waals surface area contributed by atoms with Crippen molar-refractivity contribution in [3.63, 3.8) is 0 Å². The van der Waals surface area contributed by atoms with Gasteiger partial charge in [0.2, 0.25) is 0 Å². The summed E-state index contributed by atoms with van der Waals surface area (Å²) in [5.41, 5.74) is 0.716. The number of ether oxygens (including phenoxy) is 2. The maximum atomic E-state index is 12.2. The van der Waals surface area contributed by atoms with Crippen LogP contribution in [0.3, 0.4) is 0 Å². The topological polar surface area (TPSA) is 76.1 Å². The fraction of sp³-hybridized carbons (Fsp3) is 0.364. The largest absolute Gasteiger partial charge is 0.489 e. The Balaban J connectivity index is 2.03. The van der Waals surface area contributed by atoms with Crippen molar-refractivity contribution in [2.75, 3.05) is 7.05 Å². The van der Waals surface area contributed by atoms with Crippen molar-refractivity contribution >= 4 is 35.3 Å². The van der Waals surface area contributed by atoms with Gasteiger partial charge < -0.3 is 14.6 Å². The van der Waals surface area contributed by atoms with E-state index >= 15 is 0 Å². The molecule has 2 rings (SSSR count). The maximum Gasteiger partial charge on any atom is 0.410 e. The number of likely N-dealkylation sites (N-methyl/N-ethyl adjacent to an activating group) is 1. The number of halogens is 2. The zero-order valence-electron chi connectivity index (χ0n) is 17.3. The lowest BCUT2D eigenvalue weighted by atomic mass is 10.1. The highest BCUT2D eigenvalue weighted by molar-refractivity contribution is 6.35. The summed E-state index contributed by atoms with van der Waals surface area (Å²) in [6.45, 7) is 5.38. The fourth-order valence-electron chi connectivity index (χ4n) is 2.62. The second kappa shape index (κ2) is 10.0. The van der Waals surface area contributed by atoms with Crippen molar-refractivity contribution in [2.45, 2.75) is 45.4 Å². The van der Waals surface area contributed by atoms with E-state index in [1.54, 1.807) is 63.2 Å². The number of nitrogens with zero attached hydrogens (tertiary/aromatic N) is 1. The summed E-state index contributed by atoms with van der Waals surface area (Å²) in [6.07, 6.45) is -0.562. The van der Waals surface area contributed by atoms with Crippen LogP contribution in [0.15, 0.2) is 42.5 Å². The Bertz CT molecular complexity index is 873. The number of carbonyl (C=O) groups excluding carboxylic acids is 1. The molecule has 0 fully saturated rings. The third-order valence-corrected chi connectivity index (χ3v) is 4.94. The van der Waals surface area contributed by atoms with Gasteiger partial charge in [-0.15, -0.1) is 0 Å². The first-order chi connectivity index (χ1) is 14.0. The van der Waals surface area contributed by atoms with E-state index < -0.39 is 23.7 Å². The second-order valence-electron chi connectivity index (χ2n) is 7.78. The molecule has 0 radical (unpaired) electrons. The smallest absolute Gasteiger partial charge is 0.410 e. The van der Waals surface area contributed by atoms with Gasteiger partial charge in [-0.05, 0) is 50.6 Å². The molecule has 0 saturated heterocycles. The molecule has 6 nitrogen and oxygen atoms in total. The van der Waals surface area contributed by atoms with Crippen molar-refractivity contribution in [1.29, 1.82) is 0 Å². The minimum atomic E-state index is -1.11. The molecule has 8 heteroatoms. The van der Waals surface area contributed by atoms with E-state index in [0.717, 1.165) is 10.5 Å². The monoisotopic (exact) mass is 453 g/mol. The average Bonchev–Trinajstić information content (AvgIpc) is 2.64. The first-order valence-electron chi connectivity index (χ1n) is 9.31. The standard InChI is InChI=1S/C22H25Cl2NO5/c1-22(2,3)30-21(28)25(4)19(20(26)27)12-14-8-10-15(11-9-14)29-13-16-17(23)6-5-7-18(16)24/h5-11,19H,12-13H2,1-4H3,(H,26,27). The first-order valence-corrected chi connectivity index (χ1v) is 10.1. The molecule has 0 aliphatic carbocycles. The van der Waals surface area contributed by atoms with E-state index in [2.05, 4.69) is 0 Å². The third kappa shape index (κ3) is 6.82. The first kappa shape index (κ1) is 23.8. The SMILES string of the molecule is CN(C(=O)OC(C)(C)C)C(Cc1ccc(OCc2c(Cl)cccc2Cl)cc1)C(=O)O. The Morgan fingerprint density at radius 2 is 1.63 bits per heavy atom. The van der Waals surface area contributed by atoms with Crippen LogP contribution in [0.5, 0.6) is 5.75 Å². The molecule has 0 saturated carbocycles. The molecule has 0 bridgehead atoms. The second-order valence-corrected chi connectivity index (χ2v) is 8.60. The minimum absolute atomic E-state index is 0.127. The quantitative estimate of drug-likeness (QED) is 0.604. The van der Waals surface area contributed by atoms with Crippen LogP contribution in [0, 0.1) is 0 Å². The molecule has 2 aromatic carbocycles. The molecule has 30 heavy (non-hydrogen) atoms. The predicted octanol–water partition coefficient (Wildman–Crippen LogP) is 5.44. The Labute approximate surface area is 186 Å². The highest BCUT2D eigenvalue weighted by Gasteiger charge is 2.30. The Morgan fingerprint density at radius 3 is 2.13 bits per heavy atom. The highest BCUT2D eigenvalue weighted by atomic mass is 35.5. The van der Waals surface area contributed by atoms with Crippen molar-refractivity contribution in [3.8, 4) is 5.75 Å². The van der Waals surface area contributed by atoms with Gasteiger partial charge in [-0.25, -0.2) is 9.59 Å². The van der Waals surface area contributed by atoms with Crippen LogP contribution in [-0.4, -0.2) is 40.8 Å². The maximum absolute atomic E-state index is 12.2. The molecular weight excluding hydrogens is 429 g/mol. The lowest BCUT2D eigenvalue weighted by Gasteiger charge is -2.28. The molecule has 1 N–H and O–H groups in total. The van der Waals surface area contributed by atoms with Crippen LogP contribution in [0.25, 0.3) is 0 Å². The molecule has 162 valence electrons. The number of hydrogen-bond donors (Lipinski definition) is 1. The zero-order valence-corrected chi connectivity index (χ0v) is 18.8. The highest BCUT2D eigenvalue weighted by Crippen LogP contribution is 2.26. The van der Waals surface area contributed by atoms with Gasteiger partial charge in [-0.2, -0.15) is 0 Å². The van der Waals surface area contributed by atoms with Crippen LogP contribution in [0.2, 0.25) is 10.0 Å². The van der Waals surface area contributed by atoms with Gasteiger partial charge in [0, 0.05) is 29.1 Å². The Hall–Kier alpha value is -2.44. The molecular formula is C22H25Cl2NO5. The summed E-state index contributed by atoms with van der Waals surface area (Å²) in [5, 5.41) is 10.6. The number of carboxylic acid groups (broad SMARTS) is 1. The number of rotatable bonds is 7. The normalized spacial score (nSPS) is 12.2. The Morgan fingerprint density at radius 1 is 1.07 bits per heavy atom. The van der Waals surface area contributed by atoms with Crippen LogP contribution in [-0.2, 0) is 22.6 Å². The molecule has 1 unspecified atom stereocenters. The molecule has 0 heterocycles. The summed E-state index contributed by atoms with van der Waals surface area (Å²) in [7, 11) is 1.41. The van der Waals surface area contributed by atoms with Crippen molar-refractivity contribution in [3.05, 3.63) is 63.6 Å². The molecule has 0 spiro atoms. The van der Waals surface area contributed by atoms with E-state index in [4.69, 9.17) is 32.7 Å². The fourth-order valence-corrected chi connectivity index (χ4v) is 3.13. The van der Waals surface area contributed by atoms with E-state index in [1.807, 2.05) is 0 Å². The number of carboxylic acids is 1. The van der Waals surface area contributed by atoms with Gasteiger partial charge in [0.25, 0.3) is 0 Å². The van der Waals surface area contributed by atoms with Crippen molar-refractivity contribution < 1.29 is 24.2 Å². The van der Waals surface area contributed by atoms with E-state index in [0.29, 0.717) is 21.4 Å². The molecule has 2 aromatic rings. The number of amides is 1. The third-order valence-electron chi connectivity index (χ3n) is 4.23. The number of carbonyl (C=O) groups is 2. The van der Waals surface area contributed by atoms with Gasteiger partial charge in [0.05, 0.1) is 0 Å². The molecule has 1 atom stereocenters. The van der Waals surface area contributed by atoms with Gasteiger partial charge in [0.1, 0.15) is 24.0 Å². The number of benzene rings is 2. The lowest BCUT2D eigenvalue weighted by molar-refractivity contribution is -0.142. The van der Waals surface area contributed by atoms with Gasteiger partial charge in [-0.3, -0.25) is 4.90 Å². The van der Waals surface area contributed by atoms with E-state index in [9.17, 15) is 14.7 Å². The van der Waals surface area contributed by atoms with Gasteiger partial charge in [0.15, 0.2) is 0 Å². The summed E-state index contributed by atoms with van der Waals surface area (Å²) in [6, 6.07) is 11.1. The summed E-state index contributed by atoms with van der Waals surface area (Å²) < 4.78 is 11.0. The summed E-state index contributed by atoms with van der Waals surface area (Å²) in [5.74, 6) is -0.529. The number of hydrogen-bond acceptors (Lipinski definition) is 4. The van der Waals surface area contributed by atoms with Crippen LogP contribution >= 0.6 is 23.2 Å². The Kier molecular flexibility index (Phi) is 7.98. The van der Waals surface area contributed by atoms with Crippen LogP contribution in [0.1, 0.15) is 31.9 Å². The average molecular weight is 454 g/mol. The van der Waals surface area contributed by atoms with Gasteiger partial charge in [-0.1, -0.05) is 41.4 Å². The van der Waals surface area contributed by atoms with E-state index in [-0.39, 0.29) is 13.0 Å². The predicted molar refractivity (Wildman–Crippen MR) is 116 cm³/mol. The van der Waals surface area contributed by atoms with Crippen molar-refractivity contribution in [2.24, 2.45) is 0 Å². The van der Waals surface area contributed by atoms with E-state index in [1.165, 1.54) is 7.05 Å². The number of aliphatic carboxylic acids is 1. The summed E-state index contributed by atoms with van der Waals surface area (Å²) >= 11 is 12.3. The van der Waals surface area contributed by atoms with Crippen molar-refractivity contribution in [1.82, 2.24) is 4.90 Å². The lowest BCUT2D eigenvalue weighted by Crippen LogP contribution is -2.46. The molecule has 0 aliphatic rings. The molecule has 0 aromatic heterocycles.